The predicted octanol–water partition coefficient (Wildman–Crippen LogP) is 3.99. The van der Waals surface area contributed by atoms with Crippen LogP contribution in [0.4, 0.5) is 39.5 Å². The maximum Gasteiger partial charge on any atom is 0.349 e. The highest BCUT2D eigenvalue weighted by Crippen LogP contribution is 2.60. The van der Waals surface area contributed by atoms with Crippen molar-refractivity contribution in [2.24, 2.45) is 0 Å². The fraction of sp³-hybridized carbons (Fsp3) is 0.333. The molecule has 0 bridgehead atoms. The zero-order valence-corrected chi connectivity index (χ0v) is 7.98. The van der Waals surface area contributed by atoms with Crippen molar-refractivity contribution < 1.29 is 39.5 Å². The Labute approximate surface area is 93.0 Å². The first-order valence-corrected chi connectivity index (χ1v) is 4.31. The molecule has 1 aliphatic carbocycles. The zero-order chi connectivity index (χ0) is 14.0. The highest BCUT2D eigenvalue weighted by Gasteiger charge is 2.72. The van der Waals surface area contributed by atoms with E-state index < -0.39 is 52.4 Å². The van der Waals surface area contributed by atoms with Crippen LogP contribution < -0.4 is 0 Å². The molecule has 2 rings (SSSR count). The Hall–Kier alpha value is -1.41. The van der Waals surface area contributed by atoms with E-state index in [9.17, 15) is 39.5 Å². The van der Waals surface area contributed by atoms with Crippen molar-refractivity contribution in [1.82, 2.24) is 0 Å². The predicted molar refractivity (Wildman–Crippen MR) is 39.0 cm³/mol. The Kier molecular flexibility index (Phi) is 2.41. The second kappa shape index (κ2) is 3.33. The lowest BCUT2D eigenvalue weighted by molar-refractivity contribution is -0.233. The second-order valence-electron chi connectivity index (χ2n) is 3.60. The largest absolute Gasteiger partial charge is 0.349 e. The third-order valence-corrected chi connectivity index (χ3v) is 2.61. The van der Waals surface area contributed by atoms with Crippen LogP contribution in [0.1, 0.15) is 17.3 Å². The molecule has 0 saturated carbocycles. The fourth-order valence-corrected chi connectivity index (χ4v) is 1.70. The lowest BCUT2D eigenvalue weighted by Gasteiger charge is -2.20. The summed E-state index contributed by atoms with van der Waals surface area (Å²) in [7, 11) is 0. The summed E-state index contributed by atoms with van der Waals surface area (Å²) in [6.45, 7) is 0. The van der Waals surface area contributed by atoms with E-state index in [1.165, 1.54) is 0 Å². The van der Waals surface area contributed by atoms with E-state index in [-0.39, 0.29) is 0 Å². The first kappa shape index (κ1) is 13.0. The summed E-state index contributed by atoms with van der Waals surface area (Å²) >= 11 is 0. The van der Waals surface area contributed by atoms with Crippen LogP contribution in [0.5, 0.6) is 0 Å². The van der Waals surface area contributed by atoms with E-state index in [0.29, 0.717) is 0 Å². The summed E-state index contributed by atoms with van der Waals surface area (Å²) in [5.74, 6) is -21.6. The van der Waals surface area contributed by atoms with E-state index >= 15 is 0 Å². The van der Waals surface area contributed by atoms with Crippen molar-refractivity contribution >= 4 is 0 Å². The number of benzene rings is 1. The van der Waals surface area contributed by atoms with Crippen molar-refractivity contribution in [3.05, 3.63) is 34.4 Å². The maximum atomic E-state index is 13.0. The third-order valence-electron chi connectivity index (χ3n) is 2.61. The van der Waals surface area contributed by atoms with E-state index in [1.807, 2.05) is 0 Å². The molecule has 0 spiro atoms. The molecule has 9 heteroatoms. The molecule has 1 unspecified atom stereocenters. The standard InChI is InChI=1S/C9HF9/c10-3-1-2(4(11)6(13)5(3)12)8(15,16)9(17,18)7(1)14/h7H. The fourth-order valence-electron chi connectivity index (χ4n) is 1.70. The van der Waals surface area contributed by atoms with Gasteiger partial charge in [-0.15, -0.1) is 0 Å². The van der Waals surface area contributed by atoms with Gasteiger partial charge in [0.1, 0.15) is 0 Å². The van der Waals surface area contributed by atoms with Gasteiger partial charge in [-0.3, -0.25) is 0 Å². The molecule has 0 amide bonds. The quantitative estimate of drug-likeness (QED) is 0.383. The van der Waals surface area contributed by atoms with E-state index in [2.05, 4.69) is 0 Å². The number of fused-ring (bicyclic) bond motifs is 1. The van der Waals surface area contributed by atoms with Crippen molar-refractivity contribution in [3.63, 3.8) is 0 Å². The molecule has 100 valence electrons. The Morgan fingerprint density at radius 1 is 0.722 bits per heavy atom. The number of alkyl halides is 5. The van der Waals surface area contributed by atoms with Gasteiger partial charge in [0.2, 0.25) is 0 Å². The molecule has 18 heavy (non-hydrogen) atoms. The zero-order valence-electron chi connectivity index (χ0n) is 7.98. The topological polar surface area (TPSA) is 0 Å². The molecule has 1 aromatic carbocycles. The van der Waals surface area contributed by atoms with Crippen LogP contribution in [-0.4, -0.2) is 5.92 Å². The summed E-state index contributed by atoms with van der Waals surface area (Å²) in [5, 5.41) is 0. The SMILES string of the molecule is Fc1c(F)c(F)c2c(c1F)C(F)C(F)(F)C2(F)F. The van der Waals surface area contributed by atoms with Gasteiger partial charge in [-0.1, -0.05) is 0 Å². The summed E-state index contributed by atoms with van der Waals surface area (Å²) < 4.78 is 116. The van der Waals surface area contributed by atoms with Gasteiger partial charge in [0.15, 0.2) is 29.4 Å². The van der Waals surface area contributed by atoms with Gasteiger partial charge < -0.3 is 0 Å². The molecular weight excluding hydrogens is 279 g/mol. The number of halogens is 9. The van der Waals surface area contributed by atoms with E-state index in [4.69, 9.17) is 0 Å². The number of hydrogen-bond donors (Lipinski definition) is 0. The van der Waals surface area contributed by atoms with Crippen LogP contribution >= 0.6 is 0 Å². The Morgan fingerprint density at radius 2 is 1.17 bits per heavy atom. The summed E-state index contributed by atoms with van der Waals surface area (Å²) in [6, 6.07) is 0. The molecule has 1 aromatic rings. The number of rotatable bonds is 0. The maximum absolute atomic E-state index is 13.0. The second-order valence-corrected chi connectivity index (χ2v) is 3.60. The molecule has 0 nitrogen and oxygen atoms in total. The summed E-state index contributed by atoms with van der Waals surface area (Å²) in [6.07, 6.45) is -3.97. The third kappa shape index (κ3) is 1.19. The summed E-state index contributed by atoms with van der Waals surface area (Å²) in [4.78, 5) is 0. The van der Waals surface area contributed by atoms with Crippen molar-refractivity contribution in [2.75, 3.05) is 0 Å². The average molecular weight is 280 g/mol. The van der Waals surface area contributed by atoms with Crippen LogP contribution in [0, 0.1) is 23.3 Å². The van der Waals surface area contributed by atoms with Gasteiger partial charge in [-0.25, -0.2) is 22.0 Å². The monoisotopic (exact) mass is 280 g/mol. The minimum atomic E-state index is -5.49. The minimum Gasteiger partial charge on any atom is -0.235 e. The molecule has 1 atom stereocenters. The number of hydrogen-bond acceptors (Lipinski definition) is 0. The highest BCUT2D eigenvalue weighted by atomic mass is 19.3. The highest BCUT2D eigenvalue weighted by molar-refractivity contribution is 5.44. The van der Waals surface area contributed by atoms with E-state index in [0.717, 1.165) is 0 Å². The van der Waals surface area contributed by atoms with Gasteiger partial charge >= 0.3 is 11.8 Å². The average Bonchev–Trinajstić information content (AvgIpc) is 2.41. The van der Waals surface area contributed by atoms with Crippen molar-refractivity contribution in [2.45, 2.75) is 18.0 Å². The van der Waals surface area contributed by atoms with Crippen LogP contribution in [-0.2, 0) is 5.92 Å². The molecule has 0 fully saturated rings. The first-order valence-electron chi connectivity index (χ1n) is 4.31. The first-order chi connectivity index (χ1) is 8.05. The van der Waals surface area contributed by atoms with Gasteiger partial charge in [-0.05, 0) is 0 Å². The van der Waals surface area contributed by atoms with Gasteiger partial charge in [0.05, 0.1) is 5.56 Å². The van der Waals surface area contributed by atoms with Crippen molar-refractivity contribution in [1.29, 1.82) is 0 Å². The van der Waals surface area contributed by atoms with Crippen LogP contribution in [0.25, 0.3) is 0 Å². The van der Waals surface area contributed by atoms with Crippen LogP contribution in [0.15, 0.2) is 0 Å². The molecular formula is C9HF9. The lowest BCUT2D eigenvalue weighted by Crippen LogP contribution is -2.35. The lowest BCUT2D eigenvalue weighted by atomic mass is 10.1. The van der Waals surface area contributed by atoms with Crippen LogP contribution in [0.2, 0.25) is 0 Å². The normalized spacial score (nSPS) is 24.2. The smallest absolute Gasteiger partial charge is 0.235 e. The molecule has 0 radical (unpaired) electrons. The van der Waals surface area contributed by atoms with Gasteiger partial charge in [-0.2, -0.15) is 17.6 Å². The van der Waals surface area contributed by atoms with Gasteiger partial charge in [0.25, 0.3) is 0 Å². The Bertz CT molecular complexity index is 534. The van der Waals surface area contributed by atoms with Crippen LogP contribution in [0.3, 0.4) is 0 Å². The molecule has 0 aliphatic heterocycles. The summed E-state index contributed by atoms with van der Waals surface area (Å²) in [5.41, 5.74) is -4.68. The molecule has 0 saturated heterocycles. The Morgan fingerprint density at radius 3 is 1.67 bits per heavy atom. The van der Waals surface area contributed by atoms with Gasteiger partial charge in [0, 0.05) is 5.56 Å². The molecule has 0 N–H and O–H groups in total. The Balaban J connectivity index is 2.93. The minimum absolute atomic E-state index is 2.19. The van der Waals surface area contributed by atoms with Crippen molar-refractivity contribution in [3.8, 4) is 0 Å². The molecule has 0 aromatic heterocycles. The molecule has 0 heterocycles. The van der Waals surface area contributed by atoms with E-state index in [1.54, 1.807) is 0 Å². The molecule has 1 aliphatic rings.